The third kappa shape index (κ3) is 3.64. The summed E-state index contributed by atoms with van der Waals surface area (Å²) in [5.74, 6) is 0. The number of likely N-dealkylation sites (N-methyl/N-ethyl adjacent to an activating group) is 1. The number of rotatable bonds is 4. The highest BCUT2D eigenvalue weighted by Crippen LogP contribution is 2.18. The zero-order valence-electron chi connectivity index (χ0n) is 8.68. The Morgan fingerprint density at radius 1 is 1.43 bits per heavy atom. The molecule has 2 heteroatoms. The zero-order chi connectivity index (χ0) is 10.4. The molecule has 14 heavy (non-hydrogen) atoms. The summed E-state index contributed by atoms with van der Waals surface area (Å²) in [6.45, 7) is 6.15. The summed E-state index contributed by atoms with van der Waals surface area (Å²) in [7, 11) is 0. The predicted molar refractivity (Wildman–Crippen MR) is 66.5 cm³/mol. The normalized spacial score (nSPS) is 11.1. The molecule has 0 spiro atoms. The van der Waals surface area contributed by atoms with Gasteiger partial charge in [-0.25, -0.2) is 0 Å². The lowest BCUT2D eigenvalue weighted by Crippen LogP contribution is -2.11. The van der Waals surface area contributed by atoms with Gasteiger partial charge in [0.05, 0.1) is 0 Å². The maximum Gasteiger partial charge on any atom is 0.0210 e. The Balaban J connectivity index is 2.59. The predicted octanol–water partition coefficient (Wildman–Crippen LogP) is 3.38. The van der Waals surface area contributed by atoms with Crippen LogP contribution in [0, 0.1) is 6.92 Å². The van der Waals surface area contributed by atoms with Crippen LogP contribution < -0.4 is 5.32 Å². The highest BCUT2D eigenvalue weighted by molar-refractivity contribution is 9.10. The topological polar surface area (TPSA) is 12.0 Å². The Hall–Kier alpha value is -0.600. The fourth-order valence-electron chi connectivity index (χ4n) is 1.14. The second-order valence-electron chi connectivity index (χ2n) is 3.22. The van der Waals surface area contributed by atoms with Crippen LogP contribution in [0.2, 0.25) is 0 Å². The van der Waals surface area contributed by atoms with E-state index in [1.54, 1.807) is 0 Å². The molecule has 0 saturated carbocycles. The van der Waals surface area contributed by atoms with Crippen molar-refractivity contribution >= 4 is 22.0 Å². The summed E-state index contributed by atoms with van der Waals surface area (Å²) in [6, 6.07) is 6.39. The first-order valence-electron chi connectivity index (χ1n) is 4.87. The monoisotopic (exact) mass is 253 g/mol. The lowest BCUT2D eigenvalue weighted by atomic mass is 10.1. The van der Waals surface area contributed by atoms with E-state index in [2.05, 4.69) is 65.4 Å². The molecule has 0 bridgehead atoms. The van der Waals surface area contributed by atoms with Gasteiger partial charge in [0.2, 0.25) is 0 Å². The molecule has 0 amide bonds. The van der Waals surface area contributed by atoms with Crippen molar-refractivity contribution in [3.8, 4) is 0 Å². The Labute approximate surface area is 94.3 Å². The minimum atomic E-state index is 0.933. The van der Waals surface area contributed by atoms with Crippen molar-refractivity contribution in [2.24, 2.45) is 0 Å². The van der Waals surface area contributed by atoms with Gasteiger partial charge in [0, 0.05) is 11.0 Å². The smallest absolute Gasteiger partial charge is 0.0210 e. The number of halogens is 1. The maximum atomic E-state index is 3.52. The highest BCUT2D eigenvalue weighted by Gasteiger charge is 1.93. The third-order valence-corrected chi connectivity index (χ3v) is 2.87. The van der Waals surface area contributed by atoms with Crippen molar-refractivity contribution in [2.45, 2.75) is 13.8 Å². The molecule has 1 rings (SSSR count). The maximum absolute atomic E-state index is 3.52. The third-order valence-electron chi connectivity index (χ3n) is 2.02. The van der Waals surface area contributed by atoms with Crippen LogP contribution in [0.4, 0.5) is 0 Å². The van der Waals surface area contributed by atoms with Crippen molar-refractivity contribution in [3.63, 3.8) is 0 Å². The fourth-order valence-corrected chi connectivity index (χ4v) is 1.53. The van der Waals surface area contributed by atoms with Crippen LogP contribution in [0.3, 0.4) is 0 Å². The molecule has 0 radical (unpaired) electrons. The first-order valence-corrected chi connectivity index (χ1v) is 5.66. The van der Waals surface area contributed by atoms with E-state index in [0.717, 1.165) is 13.1 Å². The average Bonchev–Trinajstić information content (AvgIpc) is 2.18. The first kappa shape index (κ1) is 11.5. The Morgan fingerprint density at radius 2 is 2.21 bits per heavy atom. The quantitative estimate of drug-likeness (QED) is 0.812. The largest absolute Gasteiger partial charge is 0.314 e. The van der Waals surface area contributed by atoms with Crippen molar-refractivity contribution in [1.29, 1.82) is 0 Å². The number of hydrogen-bond acceptors (Lipinski definition) is 1. The van der Waals surface area contributed by atoms with Gasteiger partial charge in [-0.2, -0.15) is 0 Å². The summed E-state index contributed by atoms with van der Waals surface area (Å²) >= 11 is 3.52. The number of nitrogens with one attached hydrogen (secondary N) is 1. The van der Waals surface area contributed by atoms with Gasteiger partial charge >= 0.3 is 0 Å². The van der Waals surface area contributed by atoms with E-state index in [4.69, 9.17) is 0 Å². The Bertz CT molecular complexity index is 318. The van der Waals surface area contributed by atoms with Crippen LogP contribution in [0.5, 0.6) is 0 Å². The molecule has 1 nitrogen and oxygen atoms in total. The molecular formula is C12H16BrN. The summed E-state index contributed by atoms with van der Waals surface area (Å²) in [5, 5.41) is 3.25. The van der Waals surface area contributed by atoms with Crippen LogP contribution in [0.1, 0.15) is 18.1 Å². The molecule has 0 saturated heterocycles. The molecular weight excluding hydrogens is 238 g/mol. The highest BCUT2D eigenvalue weighted by atomic mass is 79.9. The Morgan fingerprint density at radius 3 is 2.86 bits per heavy atom. The van der Waals surface area contributed by atoms with Gasteiger partial charge in [-0.1, -0.05) is 47.1 Å². The number of benzene rings is 1. The van der Waals surface area contributed by atoms with Crippen LogP contribution >= 0.6 is 15.9 Å². The molecule has 1 aromatic rings. The first-order chi connectivity index (χ1) is 6.74. The van der Waals surface area contributed by atoms with Crippen LogP contribution in [-0.2, 0) is 0 Å². The average molecular weight is 254 g/mol. The molecule has 0 fully saturated rings. The standard InChI is InChI=1S/C12H16BrN/c1-3-14-8-4-5-11-7-6-10(2)12(13)9-11/h4-7,9,14H,3,8H2,1-2H3/b5-4+. The second-order valence-corrected chi connectivity index (χ2v) is 4.07. The van der Waals surface area contributed by atoms with E-state index in [1.807, 2.05) is 0 Å². The molecule has 0 unspecified atom stereocenters. The molecule has 0 aliphatic carbocycles. The minimum absolute atomic E-state index is 0.933. The molecule has 0 atom stereocenters. The second kappa shape index (κ2) is 5.99. The Kier molecular flexibility index (Phi) is 4.91. The summed E-state index contributed by atoms with van der Waals surface area (Å²) < 4.78 is 1.17. The molecule has 1 N–H and O–H groups in total. The summed E-state index contributed by atoms with van der Waals surface area (Å²) in [4.78, 5) is 0. The minimum Gasteiger partial charge on any atom is -0.314 e. The van der Waals surface area contributed by atoms with Crippen LogP contribution in [0.15, 0.2) is 28.7 Å². The van der Waals surface area contributed by atoms with E-state index in [-0.39, 0.29) is 0 Å². The zero-order valence-corrected chi connectivity index (χ0v) is 10.3. The van der Waals surface area contributed by atoms with E-state index in [9.17, 15) is 0 Å². The lowest BCUT2D eigenvalue weighted by Gasteiger charge is -1.99. The van der Waals surface area contributed by atoms with Gasteiger partial charge < -0.3 is 5.32 Å². The van der Waals surface area contributed by atoms with Crippen LogP contribution in [-0.4, -0.2) is 13.1 Å². The van der Waals surface area contributed by atoms with Crippen molar-refractivity contribution in [1.82, 2.24) is 5.32 Å². The molecule has 76 valence electrons. The van der Waals surface area contributed by atoms with Crippen LogP contribution in [0.25, 0.3) is 6.08 Å². The lowest BCUT2D eigenvalue weighted by molar-refractivity contribution is 0.801. The van der Waals surface area contributed by atoms with Crippen molar-refractivity contribution in [3.05, 3.63) is 39.9 Å². The summed E-state index contributed by atoms with van der Waals surface area (Å²) in [5.41, 5.74) is 2.51. The fraction of sp³-hybridized carbons (Fsp3) is 0.333. The number of aryl methyl sites for hydroxylation is 1. The van der Waals surface area contributed by atoms with Gasteiger partial charge in [0.25, 0.3) is 0 Å². The van der Waals surface area contributed by atoms with Crippen molar-refractivity contribution < 1.29 is 0 Å². The van der Waals surface area contributed by atoms with Crippen molar-refractivity contribution in [2.75, 3.05) is 13.1 Å². The van der Waals surface area contributed by atoms with Gasteiger partial charge in [-0.15, -0.1) is 0 Å². The van der Waals surface area contributed by atoms with E-state index in [0.29, 0.717) is 0 Å². The SMILES string of the molecule is CCNC/C=C/c1ccc(C)c(Br)c1. The molecule has 0 heterocycles. The van der Waals surface area contributed by atoms with Gasteiger partial charge in [0.15, 0.2) is 0 Å². The molecule has 1 aromatic carbocycles. The van der Waals surface area contributed by atoms with E-state index in [1.165, 1.54) is 15.6 Å². The molecule has 0 aliphatic heterocycles. The molecule has 0 aromatic heterocycles. The summed E-state index contributed by atoms with van der Waals surface area (Å²) in [6.07, 6.45) is 4.27. The van der Waals surface area contributed by atoms with E-state index >= 15 is 0 Å². The van der Waals surface area contributed by atoms with Gasteiger partial charge in [-0.3, -0.25) is 0 Å². The van der Waals surface area contributed by atoms with Gasteiger partial charge in [0.1, 0.15) is 0 Å². The molecule has 0 aliphatic rings. The van der Waals surface area contributed by atoms with E-state index < -0.39 is 0 Å². The van der Waals surface area contributed by atoms with Gasteiger partial charge in [-0.05, 0) is 30.7 Å². The number of hydrogen-bond donors (Lipinski definition) is 1.